The minimum Gasteiger partial charge on any atom is -0.383 e. The van der Waals surface area contributed by atoms with Gasteiger partial charge in [0.15, 0.2) is 0 Å². The summed E-state index contributed by atoms with van der Waals surface area (Å²) in [4.78, 5) is 0.985. The molecule has 0 radical (unpaired) electrons. The Morgan fingerprint density at radius 3 is 2.75 bits per heavy atom. The van der Waals surface area contributed by atoms with Crippen molar-refractivity contribution < 1.29 is 13.2 Å². The maximum atomic E-state index is 11.1. The summed E-state index contributed by atoms with van der Waals surface area (Å²) in [6.07, 6.45) is 1.25. The number of thioether (sulfide) groups is 1. The topological polar surface area (TPSA) is 55.4 Å². The van der Waals surface area contributed by atoms with Gasteiger partial charge in [-0.05, 0) is 17.7 Å². The third-order valence-corrected chi connectivity index (χ3v) is 5.10. The van der Waals surface area contributed by atoms with Crippen molar-refractivity contribution >= 4 is 33.2 Å². The van der Waals surface area contributed by atoms with E-state index in [1.807, 2.05) is 18.2 Å². The standard InChI is InChI=1S/C13H20ClNO3S2/c1-18-6-5-15-10-11-3-4-12(9-13(11)14)19-7-8-20(2,16)17/h3-4,9,15H,5-8,10H2,1-2H3. The molecule has 1 aromatic rings. The fourth-order valence-corrected chi connectivity index (χ4v) is 3.93. The molecule has 0 aliphatic rings. The van der Waals surface area contributed by atoms with E-state index >= 15 is 0 Å². The first-order valence-electron chi connectivity index (χ1n) is 6.21. The van der Waals surface area contributed by atoms with E-state index in [9.17, 15) is 8.42 Å². The second kappa shape index (κ2) is 8.89. The highest BCUT2D eigenvalue weighted by molar-refractivity contribution is 8.00. The number of nitrogens with one attached hydrogen (secondary N) is 1. The van der Waals surface area contributed by atoms with E-state index in [2.05, 4.69) is 5.32 Å². The number of benzene rings is 1. The van der Waals surface area contributed by atoms with Crippen molar-refractivity contribution in [3.8, 4) is 0 Å². The average Bonchev–Trinajstić information content (AvgIpc) is 2.35. The van der Waals surface area contributed by atoms with Crippen LogP contribution in [0.2, 0.25) is 5.02 Å². The molecule has 0 spiro atoms. The van der Waals surface area contributed by atoms with Gasteiger partial charge in [-0.3, -0.25) is 0 Å². The van der Waals surface area contributed by atoms with Crippen LogP contribution in [0.25, 0.3) is 0 Å². The monoisotopic (exact) mass is 337 g/mol. The van der Waals surface area contributed by atoms with Crippen LogP contribution in [0.1, 0.15) is 5.56 Å². The van der Waals surface area contributed by atoms with Crippen LogP contribution < -0.4 is 5.32 Å². The van der Waals surface area contributed by atoms with Crippen molar-refractivity contribution in [2.45, 2.75) is 11.4 Å². The normalized spacial score (nSPS) is 11.8. The molecular weight excluding hydrogens is 318 g/mol. The first kappa shape index (κ1) is 17.8. The molecule has 0 saturated heterocycles. The predicted molar refractivity (Wildman–Crippen MR) is 85.5 cm³/mol. The van der Waals surface area contributed by atoms with Gasteiger partial charge in [0.2, 0.25) is 0 Å². The van der Waals surface area contributed by atoms with Gasteiger partial charge >= 0.3 is 0 Å². The smallest absolute Gasteiger partial charge is 0.148 e. The quantitative estimate of drug-likeness (QED) is 0.553. The molecule has 0 unspecified atom stereocenters. The number of halogens is 1. The lowest BCUT2D eigenvalue weighted by atomic mass is 10.2. The lowest BCUT2D eigenvalue weighted by molar-refractivity contribution is 0.199. The zero-order valence-electron chi connectivity index (χ0n) is 11.7. The van der Waals surface area contributed by atoms with Crippen molar-refractivity contribution in [2.24, 2.45) is 0 Å². The molecule has 1 N–H and O–H groups in total. The zero-order valence-corrected chi connectivity index (χ0v) is 14.1. The molecule has 1 aromatic carbocycles. The molecule has 0 aliphatic carbocycles. The van der Waals surface area contributed by atoms with Gasteiger partial charge in [0.25, 0.3) is 0 Å². The summed E-state index contributed by atoms with van der Waals surface area (Å²) in [6, 6.07) is 5.80. The molecule has 0 amide bonds. The van der Waals surface area contributed by atoms with Gasteiger partial charge in [-0.15, -0.1) is 11.8 Å². The van der Waals surface area contributed by atoms with Crippen molar-refractivity contribution in [3.63, 3.8) is 0 Å². The van der Waals surface area contributed by atoms with Gasteiger partial charge in [-0.2, -0.15) is 0 Å². The molecule has 0 aliphatic heterocycles. The molecule has 0 aromatic heterocycles. The highest BCUT2D eigenvalue weighted by Gasteiger charge is 2.05. The molecule has 0 saturated carbocycles. The maximum absolute atomic E-state index is 11.1. The summed E-state index contributed by atoms with van der Waals surface area (Å²) in [5.41, 5.74) is 1.02. The number of methoxy groups -OCH3 is 1. The number of hydrogen-bond acceptors (Lipinski definition) is 5. The zero-order chi connectivity index (χ0) is 15.0. The summed E-state index contributed by atoms with van der Waals surface area (Å²) >= 11 is 7.71. The van der Waals surface area contributed by atoms with E-state index in [-0.39, 0.29) is 5.75 Å². The van der Waals surface area contributed by atoms with Gasteiger partial charge in [0, 0.05) is 42.1 Å². The molecular formula is C13H20ClNO3S2. The van der Waals surface area contributed by atoms with Crippen molar-refractivity contribution in [2.75, 3.05) is 38.0 Å². The van der Waals surface area contributed by atoms with Crippen LogP contribution in [0.3, 0.4) is 0 Å². The van der Waals surface area contributed by atoms with Gasteiger partial charge in [-0.1, -0.05) is 17.7 Å². The molecule has 0 bridgehead atoms. The summed E-state index contributed by atoms with van der Waals surface area (Å²) in [5.74, 6) is 0.718. The maximum Gasteiger partial charge on any atom is 0.148 e. The van der Waals surface area contributed by atoms with Crippen LogP contribution in [-0.2, 0) is 21.1 Å². The third kappa shape index (κ3) is 7.50. The third-order valence-electron chi connectivity index (χ3n) is 2.55. The van der Waals surface area contributed by atoms with E-state index < -0.39 is 9.84 Å². The van der Waals surface area contributed by atoms with Crippen LogP contribution in [0.4, 0.5) is 0 Å². The molecule has 7 heteroatoms. The summed E-state index contributed by atoms with van der Waals surface area (Å²) in [6.45, 7) is 2.13. The highest BCUT2D eigenvalue weighted by atomic mass is 35.5. The predicted octanol–water partition coefficient (Wildman–Crippen LogP) is 2.21. The molecule has 1 rings (SSSR count). The van der Waals surface area contributed by atoms with Crippen molar-refractivity contribution in [1.82, 2.24) is 5.32 Å². The van der Waals surface area contributed by atoms with E-state index in [0.717, 1.165) is 17.0 Å². The van der Waals surface area contributed by atoms with Crippen molar-refractivity contribution in [1.29, 1.82) is 0 Å². The largest absolute Gasteiger partial charge is 0.383 e. The van der Waals surface area contributed by atoms with Crippen LogP contribution in [0, 0.1) is 0 Å². The Hall–Kier alpha value is -0.270. The molecule has 4 nitrogen and oxygen atoms in total. The Bertz CT molecular complexity index is 520. The Labute approximate surface area is 130 Å². The lowest BCUT2D eigenvalue weighted by Gasteiger charge is -2.08. The lowest BCUT2D eigenvalue weighted by Crippen LogP contribution is -2.18. The summed E-state index contributed by atoms with van der Waals surface area (Å²) in [7, 11) is -1.24. The first-order valence-corrected chi connectivity index (χ1v) is 9.63. The van der Waals surface area contributed by atoms with Gasteiger partial charge in [0.05, 0.1) is 12.4 Å². The fraction of sp³-hybridized carbons (Fsp3) is 0.538. The van der Waals surface area contributed by atoms with Crippen LogP contribution in [0.5, 0.6) is 0 Å². The Morgan fingerprint density at radius 1 is 1.40 bits per heavy atom. The van der Waals surface area contributed by atoms with Crippen LogP contribution in [-0.4, -0.2) is 46.4 Å². The highest BCUT2D eigenvalue weighted by Crippen LogP contribution is 2.25. The number of sulfone groups is 1. The van der Waals surface area contributed by atoms with Gasteiger partial charge in [-0.25, -0.2) is 8.42 Å². The molecule has 114 valence electrons. The van der Waals surface area contributed by atoms with Gasteiger partial charge < -0.3 is 10.1 Å². The van der Waals surface area contributed by atoms with E-state index in [0.29, 0.717) is 23.9 Å². The number of rotatable bonds is 9. The Morgan fingerprint density at radius 2 is 2.15 bits per heavy atom. The van der Waals surface area contributed by atoms with Crippen LogP contribution >= 0.6 is 23.4 Å². The Kier molecular flexibility index (Phi) is 7.91. The Balaban J connectivity index is 2.46. The summed E-state index contributed by atoms with van der Waals surface area (Å²) < 4.78 is 27.1. The number of hydrogen-bond donors (Lipinski definition) is 1. The molecule has 0 heterocycles. The average molecular weight is 338 g/mol. The second-order valence-corrected chi connectivity index (χ2v) is 8.24. The van der Waals surface area contributed by atoms with E-state index in [4.69, 9.17) is 16.3 Å². The number of ether oxygens (including phenoxy) is 1. The van der Waals surface area contributed by atoms with Gasteiger partial charge in [0.1, 0.15) is 9.84 Å². The second-order valence-electron chi connectivity index (χ2n) is 4.40. The van der Waals surface area contributed by atoms with Crippen molar-refractivity contribution in [3.05, 3.63) is 28.8 Å². The molecule has 20 heavy (non-hydrogen) atoms. The molecule has 0 fully saturated rings. The first-order chi connectivity index (χ1) is 9.42. The van der Waals surface area contributed by atoms with Crippen LogP contribution in [0.15, 0.2) is 23.1 Å². The molecule has 0 atom stereocenters. The summed E-state index contributed by atoms with van der Waals surface area (Å²) in [5, 5.41) is 3.92. The minimum absolute atomic E-state index is 0.176. The SMILES string of the molecule is COCCNCc1ccc(SCCS(C)(=O)=O)cc1Cl. The van der Waals surface area contributed by atoms with E-state index in [1.54, 1.807) is 7.11 Å². The van der Waals surface area contributed by atoms with E-state index in [1.165, 1.54) is 18.0 Å². The minimum atomic E-state index is -2.91. The fourth-order valence-electron chi connectivity index (χ4n) is 1.47.